The molecular weight excluding hydrogens is 234 g/mol. The number of hydroxylamine groups is 1. The van der Waals surface area contributed by atoms with Gasteiger partial charge in [-0.25, -0.2) is 0 Å². The molecule has 0 radical (unpaired) electrons. The predicted molar refractivity (Wildman–Crippen MR) is 71.3 cm³/mol. The van der Waals surface area contributed by atoms with Gasteiger partial charge in [0.1, 0.15) is 11.9 Å². The minimum absolute atomic E-state index is 0.391. The quantitative estimate of drug-likeness (QED) is 0.817. The van der Waals surface area contributed by atoms with Crippen molar-refractivity contribution < 1.29 is 9.57 Å². The van der Waals surface area contributed by atoms with Crippen molar-refractivity contribution in [3.8, 4) is 5.75 Å². The Morgan fingerprint density at radius 3 is 2.94 bits per heavy atom. The van der Waals surface area contributed by atoms with Crippen LogP contribution in [0.1, 0.15) is 18.4 Å². The Bertz CT molecular complexity index is 340. The Morgan fingerprint density at radius 2 is 2.18 bits per heavy atom. The first-order chi connectivity index (χ1) is 8.38. The van der Waals surface area contributed by atoms with E-state index in [1.165, 1.54) is 17.1 Å². The van der Waals surface area contributed by atoms with E-state index in [4.69, 9.17) is 9.57 Å². The van der Waals surface area contributed by atoms with Crippen LogP contribution in [0.3, 0.4) is 0 Å². The summed E-state index contributed by atoms with van der Waals surface area (Å²) in [6, 6.07) is 8.20. The molecule has 1 aliphatic heterocycles. The van der Waals surface area contributed by atoms with Gasteiger partial charge in [0, 0.05) is 6.54 Å². The molecule has 0 amide bonds. The van der Waals surface area contributed by atoms with Crippen LogP contribution in [0.5, 0.6) is 5.75 Å². The zero-order valence-electron chi connectivity index (χ0n) is 10.1. The number of ether oxygens (including phenoxy) is 1. The predicted octanol–water partition coefficient (Wildman–Crippen LogP) is 2.61. The first-order valence-electron chi connectivity index (χ1n) is 5.97. The van der Waals surface area contributed by atoms with Gasteiger partial charge in [0.15, 0.2) is 0 Å². The smallest absolute Gasteiger partial charge is 0.120 e. The molecule has 1 N–H and O–H groups in total. The largest absolute Gasteiger partial charge is 0.490 e. The zero-order chi connectivity index (χ0) is 11.9. The van der Waals surface area contributed by atoms with E-state index >= 15 is 0 Å². The molecule has 1 saturated heterocycles. The summed E-state index contributed by atoms with van der Waals surface area (Å²) in [5, 5.41) is 0. The molecule has 1 heterocycles. The first-order valence-corrected chi connectivity index (χ1v) is 7.13. The Kier molecular flexibility index (Phi) is 5.16. The summed E-state index contributed by atoms with van der Waals surface area (Å²) in [6.07, 6.45) is 2.71. The molecule has 0 spiro atoms. The molecule has 0 aliphatic carbocycles. The third kappa shape index (κ3) is 4.22. The van der Waals surface area contributed by atoms with E-state index in [0.717, 1.165) is 18.6 Å². The van der Waals surface area contributed by atoms with E-state index in [-0.39, 0.29) is 0 Å². The van der Waals surface area contributed by atoms with E-state index in [0.29, 0.717) is 12.6 Å². The topological polar surface area (TPSA) is 30.5 Å². The summed E-state index contributed by atoms with van der Waals surface area (Å²) >= 11 is 2.02. The molecule has 0 saturated carbocycles. The average Bonchev–Trinajstić information content (AvgIpc) is 2.38. The highest BCUT2D eigenvalue weighted by Gasteiger charge is 2.14. The van der Waals surface area contributed by atoms with Crippen LogP contribution in [-0.2, 0) is 11.4 Å². The summed E-state index contributed by atoms with van der Waals surface area (Å²) in [7, 11) is 1.63. The van der Waals surface area contributed by atoms with Crippen molar-refractivity contribution in [1.29, 1.82) is 0 Å². The molecule has 1 aromatic rings. The second-order valence-corrected chi connectivity index (χ2v) is 5.33. The molecule has 0 unspecified atom stereocenters. The Balaban J connectivity index is 1.90. The van der Waals surface area contributed by atoms with Crippen molar-refractivity contribution in [1.82, 2.24) is 5.48 Å². The van der Waals surface area contributed by atoms with Crippen LogP contribution in [0.4, 0.5) is 0 Å². The van der Waals surface area contributed by atoms with Crippen molar-refractivity contribution >= 4 is 11.8 Å². The van der Waals surface area contributed by atoms with Crippen molar-refractivity contribution in [2.24, 2.45) is 0 Å². The molecule has 1 aliphatic rings. The summed E-state index contributed by atoms with van der Waals surface area (Å²) < 4.78 is 5.99. The van der Waals surface area contributed by atoms with E-state index in [1.54, 1.807) is 7.11 Å². The molecule has 17 heavy (non-hydrogen) atoms. The van der Waals surface area contributed by atoms with Crippen LogP contribution >= 0.6 is 11.8 Å². The van der Waals surface area contributed by atoms with Gasteiger partial charge in [0.05, 0.1) is 7.11 Å². The van der Waals surface area contributed by atoms with Gasteiger partial charge in [-0.1, -0.05) is 12.1 Å². The maximum Gasteiger partial charge on any atom is 0.120 e. The number of benzene rings is 1. The molecule has 3 nitrogen and oxygen atoms in total. The van der Waals surface area contributed by atoms with Crippen LogP contribution in [0.2, 0.25) is 0 Å². The lowest BCUT2D eigenvalue weighted by Gasteiger charge is -2.23. The van der Waals surface area contributed by atoms with E-state index in [2.05, 4.69) is 17.6 Å². The minimum Gasteiger partial charge on any atom is -0.490 e. The van der Waals surface area contributed by atoms with Gasteiger partial charge in [-0.3, -0.25) is 0 Å². The van der Waals surface area contributed by atoms with Gasteiger partial charge < -0.3 is 9.57 Å². The van der Waals surface area contributed by atoms with Crippen LogP contribution < -0.4 is 10.2 Å². The fraction of sp³-hybridized carbons (Fsp3) is 0.538. The number of nitrogens with one attached hydrogen (secondary N) is 1. The summed E-state index contributed by atoms with van der Waals surface area (Å²) in [5.41, 5.74) is 4.01. The molecule has 2 rings (SSSR count). The Morgan fingerprint density at radius 1 is 1.35 bits per heavy atom. The second-order valence-electron chi connectivity index (χ2n) is 4.10. The van der Waals surface area contributed by atoms with Crippen LogP contribution in [0, 0.1) is 0 Å². The maximum atomic E-state index is 5.99. The van der Waals surface area contributed by atoms with Gasteiger partial charge in [-0.15, -0.1) is 0 Å². The number of hydrogen-bond acceptors (Lipinski definition) is 4. The fourth-order valence-electron chi connectivity index (χ4n) is 1.87. The van der Waals surface area contributed by atoms with Gasteiger partial charge in [-0.05, 0) is 42.0 Å². The number of rotatable bonds is 5. The third-order valence-electron chi connectivity index (χ3n) is 2.79. The highest BCUT2D eigenvalue weighted by Crippen LogP contribution is 2.23. The molecule has 94 valence electrons. The molecular formula is C13H19NO2S. The molecule has 0 bridgehead atoms. The number of thioether (sulfide) groups is 1. The minimum atomic E-state index is 0.391. The summed E-state index contributed by atoms with van der Waals surface area (Å²) in [5.74, 6) is 3.41. The second kappa shape index (κ2) is 6.89. The molecule has 1 fully saturated rings. The SMILES string of the molecule is CONCc1cccc(OC2CCSCC2)c1. The van der Waals surface area contributed by atoms with Crippen LogP contribution in [-0.4, -0.2) is 24.7 Å². The van der Waals surface area contributed by atoms with E-state index in [1.807, 2.05) is 23.9 Å². The van der Waals surface area contributed by atoms with Gasteiger partial charge in [0.25, 0.3) is 0 Å². The Hall–Kier alpha value is -0.710. The zero-order valence-corrected chi connectivity index (χ0v) is 11.0. The standard InChI is InChI=1S/C13H19NO2S/c1-15-14-10-11-3-2-4-13(9-11)16-12-5-7-17-8-6-12/h2-4,9,12,14H,5-8,10H2,1H3. The van der Waals surface area contributed by atoms with Crippen LogP contribution in [0.25, 0.3) is 0 Å². The fourth-order valence-corrected chi connectivity index (χ4v) is 2.93. The average molecular weight is 253 g/mol. The maximum absolute atomic E-state index is 5.99. The summed E-state index contributed by atoms with van der Waals surface area (Å²) in [4.78, 5) is 4.84. The normalized spacial score (nSPS) is 17.0. The Labute approximate surface area is 107 Å². The van der Waals surface area contributed by atoms with Gasteiger partial charge in [-0.2, -0.15) is 17.2 Å². The lowest BCUT2D eigenvalue weighted by molar-refractivity contribution is 0.0866. The van der Waals surface area contributed by atoms with E-state index < -0.39 is 0 Å². The van der Waals surface area contributed by atoms with Gasteiger partial charge in [0.2, 0.25) is 0 Å². The lowest BCUT2D eigenvalue weighted by atomic mass is 10.2. The van der Waals surface area contributed by atoms with E-state index in [9.17, 15) is 0 Å². The highest BCUT2D eigenvalue weighted by atomic mass is 32.2. The molecule has 0 atom stereocenters. The monoisotopic (exact) mass is 253 g/mol. The highest BCUT2D eigenvalue weighted by molar-refractivity contribution is 7.99. The van der Waals surface area contributed by atoms with Crippen molar-refractivity contribution in [2.75, 3.05) is 18.6 Å². The first kappa shape index (κ1) is 12.7. The molecule has 4 heteroatoms. The molecule has 1 aromatic carbocycles. The molecule has 0 aromatic heterocycles. The van der Waals surface area contributed by atoms with Crippen LogP contribution in [0.15, 0.2) is 24.3 Å². The number of hydrogen-bond donors (Lipinski definition) is 1. The summed E-state index contributed by atoms with van der Waals surface area (Å²) in [6.45, 7) is 0.703. The van der Waals surface area contributed by atoms with Gasteiger partial charge >= 0.3 is 0 Å². The third-order valence-corrected chi connectivity index (χ3v) is 3.84. The van der Waals surface area contributed by atoms with Crippen molar-refractivity contribution in [3.63, 3.8) is 0 Å². The van der Waals surface area contributed by atoms with Crippen molar-refractivity contribution in [2.45, 2.75) is 25.5 Å². The van der Waals surface area contributed by atoms with Crippen molar-refractivity contribution in [3.05, 3.63) is 29.8 Å². The lowest BCUT2D eigenvalue weighted by Crippen LogP contribution is -2.22.